The molecule has 0 N–H and O–H groups in total. The first kappa shape index (κ1) is 26.8. The first-order chi connectivity index (χ1) is 18.8. The lowest BCUT2D eigenvalue weighted by Crippen LogP contribution is -2.43. The minimum absolute atomic E-state index is 0.0575. The molecule has 3 aromatic rings. The van der Waals surface area contributed by atoms with Crippen LogP contribution in [0.4, 0.5) is 13.2 Å². The minimum Gasteiger partial charge on any atom is -0.303 e. The summed E-state index contributed by atoms with van der Waals surface area (Å²) in [5, 5.41) is 0. The van der Waals surface area contributed by atoms with Gasteiger partial charge in [0.1, 0.15) is 23.3 Å². The normalized spacial score (nSPS) is 17.9. The van der Waals surface area contributed by atoms with Crippen molar-refractivity contribution in [2.45, 2.75) is 31.7 Å². The zero-order valence-electron chi connectivity index (χ0n) is 21.7. The van der Waals surface area contributed by atoms with Crippen LogP contribution in [0.1, 0.15) is 47.7 Å². The van der Waals surface area contributed by atoms with Gasteiger partial charge in [-0.3, -0.25) is 14.5 Å². The molecule has 0 radical (unpaired) electrons. The summed E-state index contributed by atoms with van der Waals surface area (Å²) in [6.45, 7) is 4.53. The molecule has 0 atom stereocenters. The van der Waals surface area contributed by atoms with Crippen molar-refractivity contribution in [2.75, 3.05) is 26.2 Å². The van der Waals surface area contributed by atoms with Crippen molar-refractivity contribution in [3.05, 3.63) is 107 Å². The predicted molar refractivity (Wildman–Crippen MR) is 143 cm³/mol. The fourth-order valence-electron chi connectivity index (χ4n) is 5.60. The number of hydrogen-bond acceptors (Lipinski definition) is 4. The van der Waals surface area contributed by atoms with Crippen LogP contribution >= 0.6 is 0 Å². The number of carbonyl (C=O) groups excluding carboxylic acids is 2. The number of carbonyl (C=O) groups is 2. The number of likely N-dealkylation sites (tertiary alicyclic amines) is 1. The highest BCUT2D eigenvalue weighted by atomic mass is 19.1. The minimum atomic E-state index is -1.40. The number of Topliss-reactive ketones (excluding diaryl/α,β-unsaturated/α-hetero) is 1. The van der Waals surface area contributed by atoms with Crippen molar-refractivity contribution in [2.24, 2.45) is 10.9 Å². The van der Waals surface area contributed by atoms with E-state index in [-0.39, 0.29) is 23.4 Å². The summed E-state index contributed by atoms with van der Waals surface area (Å²) in [6.07, 6.45) is 2.17. The Hall–Kier alpha value is -3.78. The van der Waals surface area contributed by atoms with Crippen LogP contribution in [-0.2, 0) is 10.3 Å². The lowest BCUT2D eigenvalue weighted by Gasteiger charge is -2.32. The maximum atomic E-state index is 13.9. The molecule has 0 spiro atoms. The van der Waals surface area contributed by atoms with Gasteiger partial charge in [-0.2, -0.15) is 0 Å². The van der Waals surface area contributed by atoms with Crippen LogP contribution in [-0.4, -0.2) is 53.5 Å². The topological polar surface area (TPSA) is 53.0 Å². The molecule has 8 heteroatoms. The quantitative estimate of drug-likeness (QED) is 0.355. The van der Waals surface area contributed by atoms with E-state index in [1.54, 1.807) is 48.2 Å². The Morgan fingerprint density at radius 2 is 1.31 bits per heavy atom. The molecular formula is C31H30F3N3O2. The van der Waals surface area contributed by atoms with Crippen LogP contribution in [0.5, 0.6) is 0 Å². The summed E-state index contributed by atoms with van der Waals surface area (Å²) >= 11 is 0. The summed E-state index contributed by atoms with van der Waals surface area (Å²) in [4.78, 5) is 35.4. The molecule has 0 aromatic heterocycles. The van der Waals surface area contributed by atoms with Gasteiger partial charge in [-0.05, 0) is 105 Å². The Morgan fingerprint density at radius 3 is 1.82 bits per heavy atom. The van der Waals surface area contributed by atoms with Gasteiger partial charge in [0.25, 0.3) is 5.91 Å². The highest BCUT2D eigenvalue weighted by molar-refractivity contribution is 6.09. The van der Waals surface area contributed by atoms with Crippen LogP contribution in [0.25, 0.3) is 0 Å². The zero-order valence-corrected chi connectivity index (χ0v) is 21.7. The molecule has 5 rings (SSSR count). The smallest absolute Gasteiger partial charge is 0.265 e. The molecule has 0 unspecified atom stereocenters. The number of hydrogen-bond donors (Lipinski definition) is 0. The van der Waals surface area contributed by atoms with Gasteiger partial charge in [-0.1, -0.05) is 24.3 Å². The van der Waals surface area contributed by atoms with E-state index >= 15 is 0 Å². The summed E-state index contributed by atoms with van der Waals surface area (Å²) in [6, 6.07) is 17.1. The lowest BCUT2D eigenvalue weighted by atomic mass is 9.82. The Morgan fingerprint density at radius 1 is 0.821 bits per heavy atom. The molecule has 39 heavy (non-hydrogen) atoms. The van der Waals surface area contributed by atoms with E-state index in [0.29, 0.717) is 35.5 Å². The summed E-state index contributed by atoms with van der Waals surface area (Å²) in [5.74, 6) is -0.904. The maximum absolute atomic E-state index is 13.9. The molecule has 0 saturated carbocycles. The van der Waals surface area contributed by atoms with Gasteiger partial charge < -0.3 is 4.90 Å². The Labute approximate surface area is 226 Å². The van der Waals surface area contributed by atoms with E-state index in [0.717, 1.165) is 32.5 Å². The Bertz CT molecular complexity index is 1320. The molecule has 1 saturated heterocycles. The number of halogens is 3. The predicted octanol–water partition coefficient (Wildman–Crippen LogP) is 5.59. The van der Waals surface area contributed by atoms with Crippen molar-refractivity contribution in [3.63, 3.8) is 0 Å². The summed E-state index contributed by atoms with van der Waals surface area (Å²) in [7, 11) is 0. The molecule has 0 bridgehead atoms. The largest absolute Gasteiger partial charge is 0.303 e. The van der Waals surface area contributed by atoms with Crippen molar-refractivity contribution in [3.8, 4) is 0 Å². The summed E-state index contributed by atoms with van der Waals surface area (Å²) < 4.78 is 40.6. The second-order valence-electron chi connectivity index (χ2n) is 10.2. The van der Waals surface area contributed by atoms with Crippen LogP contribution in [0.3, 0.4) is 0 Å². The van der Waals surface area contributed by atoms with Gasteiger partial charge in [-0.15, -0.1) is 0 Å². The van der Waals surface area contributed by atoms with Crippen molar-refractivity contribution < 1.29 is 22.8 Å². The molecular weight excluding hydrogens is 503 g/mol. The standard InChI is InChI=1S/C31H30F3N3O2/c1-21-35-31(24-5-11-27(33)12-6-24,25-7-13-28(34)14-8-25)30(39)37(21)18-2-17-36-19-15-23(16-20-36)29(38)22-3-9-26(32)10-4-22/h3-14,23H,2,15-20H2,1H3. The van der Waals surface area contributed by atoms with Gasteiger partial charge in [0.15, 0.2) is 11.3 Å². The van der Waals surface area contributed by atoms with E-state index in [2.05, 4.69) is 4.90 Å². The number of nitrogens with zero attached hydrogens (tertiary/aromatic N) is 3. The Balaban J connectivity index is 1.22. The van der Waals surface area contributed by atoms with Crippen LogP contribution in [0.2, 0.25) is 0 Å². The first-order valence-corrected chi connectivity index (χ1v) is 13.2. The average Bonchev–Trinajstić information content (AvgIpc) is 3.20. The van der Waals surface area contributed by atoms with Crippen molar-refractivity contribution in [1.29, 1.82) is 0 Å². The molecule has 1 amide bonds. The molecule has 2 aliphatic heterocycles. The molecule has 202 valence electrons. The first-order valence-electron chi connectivity index (χ1n) is 13.2. The van der Waals surface area contributed by atoms with Crippen molar-refractivity contribution in [1.82, 2.24) is 9.80 Å². The number of amidine groups is 1. The maximum Gasteiger partial charge on any atom is 0.265 e. The number of rotatable bonds is 8. The molecule has 0 aliphatic carbocycles. The van der Waals surface area contributed by atoms with E-state index in [1.807, 2.05) is 0 Å². The molecule has 3 aromatic carbocycles. The summed E-state index contributed by atoms with van der Waals surface area (Å²) in [5.41, 5.74) is 0.193. The highest BCUT2D eigenvalue weighted by Crippen LogP contribution is 2.40. The van der Waals surface area contributed by atoms with Crippen molar-refractivity contribution >= 4 is 17.5 Å². The molecule has 5 nitrogen and oxygen atoms in total. The number of aliphatic imine (C=N–C) groups is 1. The fraction of sp³-hybridized carbons (Fsp3) is 0.323. The lowest BCUT2D eigenvalue weighted by molar-refractivity contribution is -0.130. The molecule has 2 aliphatic rings. The third-order valence-corrected chi connectivity index (χ3v) is 7.74. The third kappa shape index (κ3) is 5.39. The van der Waals surface area contributed by atoms with Crippen LogP contribution in [0.15, 0.2) is 77.8 Å². The second-order valence-corrected chi connectivity index (χ2v) is 10.2. The van der Waals surface area contributed by atoms with E-state index in [9.17, 15) is 22.8 Å². The number of benzene rings is 3. The van der Waals surface area contributed by atoms with Gasteiger partial charge in [-0.25, -0.2) is 18.2 Å². The number of ketones is 1. The monoisotopic (exact) mass is 533 g/mol. The van der Waals surface area contributed by atoms with Gasteiger partial charge in [0.05, 0.1) is 0 Å². The molecule has 2 heterocycles. The van der Waals surface area contributed by atoms with E-state index in [4.69, 9.17) is 4.99 Å². The second kappa shape index (κ2) is 11.1. The van der Waals surface area contributed by atoms with Crippen LogP contribution in [0, 0.1) is 23.4 Å². The average molecular weight is 534 g/mol. The SMILES string of the molecule is CC1=NC(c2ccc(F)cc2)(c2ccc(F)cc2)C(=O)N1CCCN1CCC(C(=O)c2ccc(F)cc2)CC1. The van der Waals surface area contributed by atoms with Gasteiger partial charge in [0, 0.05) is 18.0 Å². The highest BCUT2D eigenvalue weighted by Gasteiger charge is 2.49. The van der Waals surface area contributed by atoms with Crippen LogP contribution < -0.4 is 0 Å². The molecule has 1 fully saturated rings. The Kier molecular flexibility index (Phi) is 7.66. The fourth-order valence-corrected chi connectivity index (χ4v) is 5.60. The number of piperidine rings is 1. The van der Waals surface area contributed by atoms with Gasteiger partial charge in [0.2, 0.25) is 0 Å². The number of amides is 1. The van der Waals surface area contributed by atoms with E-state index < -0.39 is 17.2 Å². The van der Waals surface area contributed by atoms with Gasteiger partial charge >= 0.3 is 0 Å². The zero-order chi connectivity index (χ0) is 27.6. The van der Waals surface area contributed by atoms with E-state index in [1.165, 1.54) is 36.4 Å². The third-order valence-electron chi connectivity index (χ3n) is 7.74.